The van der Waals surface area contributed by atoms with Crippen LogP contribution in [0, 0.1) is 0 Å². The number of aromatic nitrogens is 1. The molecule has 0 aliphatic heterocycles. The SMILES string of the molecule is CC(=O)c1cccc(-c2cccnc2)c1. The van der Waals surface area contributed by atoms with Crippen molar-refractivity contribution >= 4 is 5.78 Å². The minimum absolute atomic E-state index is 0.0840. The topological polar surface area (TPSA) is 30.0 Å². The summed E-state index contributed by atoms with van der Waals surface area (Å²) < 4.78 is 0. The fourth-order valence-corrected chi connectivity index (χ4v) is 1.45. The molecule has 2 rings (SSSR count). The lowest BCUT2D eigenvalue weighted by Crippen LogP contribution is -1.91. The summed E-state index contributed by atoms with van der Waals surface area (Å²) in [7, 11) is 0. The van der Waals surface area contributed by atoms with Crippen LogP contribution in [0.15, 0.2) is 48.8 Å². The second kappa shape index (κ2) is 4.05. The number of nitrogens with zero attached hydrogens (tertiary/aromatic N) is 1. The van der Waals surface area contributed by atoms with Crippen molar-refractivity contribution in [2.45, 2.75) is 6.92 Å². The molecule has 2 aromatic rings. The van der Waals surface area contributed by atoms with Crippen LogP contribution in [0.1, 0.15) is 17.3 Å². The maximum atomic E-state index is 11.2. The molecule has 1 heterocycles. The number of benzene rings is 1. The molecule has 0 saturated carbocycles. The average Bonchev–Trinajstić information content (AvgIpc) is 2.30. The van der Waals surface area contributed by atoms with Gasteiger partial charge in [-0.2, -0.15) is 0 Å². The molecule has 0 aliphatic carbocycles. The van der Waals surface area contributed by atoms with Crippen LogP contribution in [-0.4, -0.2) is 10.8 Å². The van der Waals surface area contributed by atoms with Gasteiger partial charge in [0.15, 0.2) is 5.78 Å². The van der Waals surface area contributed by atoms with Crippen LogP contribution < -0.4 is 0 Å². The predicted molar refractivity (Wildman–Crippen MR) is 59.7 cm³/mol. The molecule has 0 fully saturated rings. The molecule has 0 radical (unpaired) electrons. The van der Waals surface area contributed by atoms with Crippen LogP contribution in [0.3, 0.4) is 0 Å². The summed E-state index contributed by atoms with van der Waals surface area (Å²) >= 11 is 0. The van der Waals surface area contributed by atoms with E-state index in [-0.39, 0.29) is 5.78 Å². The monoisotopic (exact) mass is 197 g/mol. The quantitative estimate of drug-likeness (QED) is 0.693. The molecule has 1 aromatic heterocycles. The Morgan fingerprint density at radius 2 is 1.93 bits per heavy atom. The molecule has 15 heavy (non-hydrogen) atoms. The minimum atomic E-state index is 0.0840. The number of ketones is 1. The van der Waals surface area contributed by atoms with E-state index in [1.165, 1.54) is 0 Å². The van der Waals surface area contributed by atoms with Crippen LogP contribution in [0.2, 0.25) is 0 Å². The maximum absolute atomic E-state index is 11.2. The summed E-state index contributed by atoms with van der Waals surface area (Å²) in [5, 5.41) is 0. The molecule has 0 bridgehead atoms. The average molecular weight is 197 g/mol. The zero-order valence-electron chi connectivity index (χ0n) is 8.47. The van der Waals surface area contributed by atoms with E-state index in [1.807, 2.05) is 36.4 Å². The zero-order chi connectivity index (χ0) is 10.7. The summed E-state index contributed by atoms with van der Waals surface area (Å²) in [6, 6.07) is 11.4. The molecule has 0 atom stereocenters. The Balaban J connectivity index is 2.46. The van der Waals surface area contributed by atoms with Gasteiger partial charge in [-0.1, -0.05) is 24.3 Å². The fraction of sp³-hybridized carbons (Fsp3) is 0.0769. The van der Waals surface area contributed by atoms with E-state index >= 15 is 0 Å². The van der Waals surface area contributed by atoms with E-state index in [9.17, 15) is 4.79 Å². The number of pyridine rings is 1. The van der Waals surface area contributed by atoms with Crippen LogP contribution in [0.5, 0.6) is 0 Å². The lowest BCUT2D eigenvalue weighted by atomic mass is 10.0. The molecule has 74 valence electrons. The van der Waals surface area contributed by atoms with Gasteiger partial charge in [0.1, 0.15) is 0 Å². The van der Waals surface area contributed by atoms with E-state index in [2.05, 4.69) is 4.98 Å². The molecule has 0 unspecified atom stereocenters. The number of Topliss-reactive ketones (excluding diaryl/α,β-unsaturated/α-hetero) is 1. The highest BCUT2D eigenvalue weighted by molar-refractivity contribution is 5.95. The normalized spacial score (nSPS) is 9.93. The molecule has 0 saturated heterocycles. The van der Waals surface area contributed by atoms with Crippen molar-refractivity contribution < 1.29 is 4.79 Å². The molecular formula is C13H11NO. The van der Waals surface area contributed by atoms with Crippen molar-refractivity contribution in [2.75, 3.05) is 0 Å². The van der Waals surface area contributed by atoms with Crippen LogP contribution in [-0.2, 0) is 0 Å². The van der Waals surface area contributed by atoms with E-state index in [0.29, 0.717) is 0 Å². The third-order valence-corrected chi connectivity index (χ3v) is 2.26. The molecule has 2 heteroatoms. The van der Waals surface area contributed by atoms with Crippen molar-refractivity contribution in [3.05, 3.63) is 54.4 Å². The van der Waals surface area contributed by atoms with E-state index in [4.69, 9.17) is 0 Å². The summed E-state index contributed by atoms with van der Waals surface area (Å²) in [4.78, 5) is 15.3. The fourth-order valence-electron chi connectivity index (χ4n) is 1.45. The van der Waals surface area contributed by atoms with Crippen molar-refractivity contribution in [3.8, 4) is 11.1 Å². The highest BCUT2D eigenvalue weighted by atomic mass is 16.1. The first kappa shape index (κ1) is 9.59. The highest BCUT2D eigenvalue weighted by Gasteiger charge is 2.01. The predicted octanol–water partition coefficient (Wildman–Crippen LogP) is 2.95. The zero-order valence-corrected chi connectivity index (χ0v) is 8.47. The van der Waals surface area contributed by atoms with Crippen molar-refractivity contribution in [1.29, 1.82) is 0 Å². The molecule has 0 N–H and O–H groups in total. The number of rotatable bonds is 2. The maximum Gasteiger partial charge on any atom is 0.159 e. The summed E-state index contributed by atoms with van der Waals surface area (Å²) in [5.74, 6) is 0.0840. The largest absolute Gasteiger partial charge is 0.295 e. The summed E-state index contributed by atoms with van der Waals surface area (Å²) in [5.41, 5.74) is 2.78. The number of carbonyl (C=O) groups is 1. The Morgan fingerprint density at radius 1 is 1.13 bits per heavy atom. The number of hydrogen-bond acceptors (Lipinski definition) is 2. The molecule has 0 amide bonds. The van der Waals surface area contributed by atoms with Gasteiger partial charge in [-0.15, -0.1) is 0 Å². The van der Waals surface area contributed by atoms with Gasteiger partial charge in [-0.25, -0.2) is 0 Å². The van der Waals surface area contributed by atoms with Gasteiger partial charge in [-0.3, -0.25) is 9.78 Å². The van der Waals surface area contributed by atoms with Gasteiger partial charge in [0.25, 0.3) is 0 Å². The number of carbonyl (C=O) groups excluding carboxylic acids is 1. The molecule has 0 aliphatic rings. The molecule has 0 spiro atoms. The second-order valence-corrected chi connectivity index (χ2v) is 3.38. The standard InChI is InChI=1S/C13H11NO/c1-10(15)11-4-2-5-12(8-11)13-6-3-7-14-9-13/h2-9H,1H3. The van der Waals surface area contributed by atoms with Gasteiger partial charge in [0.2, 0.25) is 0 Å². The van der Waals surface area contributed by atoms with E-state index in [1.54, 1.807) is 19.3 Å². The second-order valence-electron chi connectivity index (χ2n) is 3.38. The van der Waals surface area contributed by atoms with Crippen LogP contribution >= 0.6 is 0 Å². The lowest BCUT2D eigenvalue weighted by molar-refractivity contribution is 0.101. The Kier molecular flexibility index (Phi) is 2.59. The highest BCUT2D eigenvalue weighted by Crippen LogP contribution is 2.19. The third kappa shape index (κ3) is 2.10. The van der Waals surface area contributed by atoms with E-state index < -0.39 is 0 Å². The lowest BCUT2D eigenvalue weighted by Gasteiger charge is -2.02. The first-order valence-electron chi connectivity index (χ1n) is 4.79. The molecule has 2 nitrogen and oxygen atoms in total. The Morgan fingerprint density at radius 3 is 2.60 bits per heavy atom. The van der Waals surface area contributed by atoms with Crippen LogP contribution in [0.25, 0.3) is 11.1 Å². The van der Waals surface area contributed by atoms with Crippen LogP contribution in [0.4, 0.5) is 0 Å². The van der Waals surface area contributed by atoms with E-state index in [0.717, 1.165) is 16.7 Å². The smallest absolute Gasteiger partial charge is 0.159 e. The molecule has 1 aromatic carbocycles. The van der Waals surface area contributed by atoms with Gasteiger partial charge < -0.3 is 0 Å². The Labute approximate surface area is 88.6 Å². The van der Waals surface area contributed by atoms with Crippen molar-refractivity contribution in [2.24, 2.45) is 0 Å². The first-order valence-corrected chi connectivity index (χ1v) is 4.79. The first-order chi connectivity index (χ1) is 7.27. The summed E-state index contributed by atoms with van der Waals surface area (Å²) in [6.07, 6.45) is 3.53. The van der Waals surface area contributed by atoms with Gasteiger partial charge in [-0.05, 0) is 24.6 Å². The minimum Gasteiger partial charge on any atom is -0.295 e. The van der Waals surface area contributed by atoms with Gasteiger partial charge in [0.05, 0.1) is 0 Å². The van der Waals surface area contributed by atoms with Crippen molar-refractivity contribution in [1.82, 2.24) is 4.98 Å². The number of hydrogen-bond donors (Lipinski definition) is 0. The third-order valence-electron chi connectivity index (χ3n) is 2.26. The molecular weight excluding hydrogens is 186 g/mol. The van der Waals surface area contributed by atoms with Crippen molar-refractivity contribution in [3.63, 3.8) is 0 Å². The summed E-state index contributed by atoms with van der Waals surface area (Å²) in [6.45, 7) is 1.57. The van der Waals surface area contributed by atoms with Gasteiger partial charge in [0, 0.05) is 23.5 Å². The Hall–Kier alpha value is -1.96. The Bertz CT molecular complexity index is 477. The van der Waals surface area contributed by atoms with Gasteiger partial charge >= 0.3 is 0 Å².